The molecule has 3 rings (SSSR count). The van der Waals surface area contributed by atoms with E-state index in [1.165, 1.54) is 5.56 Å². The molecule has 0 saturated carbocycles. The lowest BCUT2D eigenvalue weighted by atomic mass is 9.96. The number of rotatable bonds is 6. The molecule has 27 heavy (non-hydrogen) atoms. The molecule has 1 aromatic carbocycles. The Kier molecular flexibility index (Phi) is 6.81. The summed E-state index contributed by atoms with van der Waals surface area (Å²) in [5.74, 6) is 0.0305. The van der Waals surface area contributed by atoms with E-state index in [1.807, 2.05) is 30.5 Å². The Morgan fingerprint density at radius 3 is 2.59 bits per heavy atom. The van der Waals surface area contributed by atoms with E-state index in [1.54, 1.807) is 16.2 Å². The number of hydrogen-bond donors (Lipinski definition) is 2. The summed E-state index contributed by atoms with van der Waals surface area (Å²) in [6.45, 7) is 4.28. The van der Waals surface area contributed by atoms with E-state index in [-0.39, 0.29) is 17.9 Å². The molecular formula is C20H26N4O2S. The molecule has 1 saturated heterocycles. The van der Waals surface area contributed by atoms with Crippen molar-refractivity contribution in [3.63, 3.8) is 0 Å². The highest BCUT2D eigenvalue weighted by atomic mass is 32.1. The second-order valence-electron chi connectivity index (χ2n) is 6.80. The summed E-state index contributed by atoms with van der Waals surface area (Å²) in [7, 11) is 0. The molecule has 0 atom stereocenters. The molecule has 0 unspecified atom stereocenters. The quantitative estimate of drug-likeness (QED) is 0.802. The van der Waals surface area contributed by atoms with Crippen molar-refractivity contribution in [3.05, 3.63) is 52.0 Å². The zero-order valence-corrected chi connectivity index (χ0v) is 16.4. The van der Waals surface area contributed by atoms with Crippen molar-refractivity contribution in [2.45, 2.75) is 32.7 Å². The third-order valence-corrected chi connectivity index (χ3v) is 5.62. The Balaban J connectivity index is 1.35. The first-order chi connectivity index (χ1) is 13.1. The first kappa shape index (κ1) is 19.4. The Bertz CT molecular complexity index is 754. The van der Waals surface area contributed by atoms with E-state index in [2.05, 4.69) is 27.8 Å². The molecule has 0 radical (unpaired) electrons. The van der Waals surface area contributed by atoms with Crippen molar-refractivity contribution in [1.29, 1.82) is 0 Å². The number of nitrogens with one attached hydrogen (secondary N) is 2. The van der Waals surface area contributed by atoms with E-state index in [9.17, 15) is 9.59 Å². The van der Waals surface area contributed by atoms with Crippen molar-refractivity contribution in [1.82, 2.24) is 20.5 Å². The molecule has 1 aliphatic heterocycles. The van der Waals surface area contributed by atoms with Gasteiger partial charge in [-0.1, -0.05) is 30.3 Å². The van der Waals surface area contributed by atoms with Gasteiger partial charge >= 0.3 is 6.03 Å². The van der Waals surface area contributed by atoms with Crippen LogP contribution in [-0.2, 0) is 17.8 Å². The summed E-state index contributed by atoms with van der Waals surface area (Å²) in [5, 5.41) is 8.91. The summed E-state index contributed by atoms with van der Waals surface area (Å²) in [6.07, 6.45) is 2.23. The van der Waals surface area contributed by atoms with Crippen LogP contribution < -0.4 is 10.6 Å². The Hall–Kier alpha value is -2.41. The van der Waals surface area contributed by atoms with Gasteiger partial charge in [0.1, 0.15) is 0 Å². The molecule has 2 N–H and O–H groups in total. The number of nitrogens with zero attached hydrogens (tertiary/aromatic N) is 2. The normalized spacial score (nSPS) is 14.8. The van der Waals surface area contributed by atoms with Crippen LogP contribution in [0, 0.1) is 12.8 Å². The maximum Gasteiger partial charge on any atom is 0.317 e. The largest absolute Gasteiger partial charge is 0.350 e. The monoisotopic (exact) mass is 386 g/mol. The average Bonchev–Trinajstić information content (AvgIpc) is 3.12. The minimum atomic E-state index is -0.0391. The van der Waals surface area contributed by atoms with Gasteiger partial charge in [0.15, 0.2) is 0 Å². The topological polar surface area (TPSA) is 74.3 Å². The van der Waals surface area contributed by atoms with Crippen LogP contribution in [0.25, 0.3) is 0 Å². The maximum absolute atomic E-state index is 12.3. The Morgan fingerprint density at radius 2 is 1.93 bits per heavy atom. The number of benzene rings is 1. The van der Waals surface area contributed by atoms with Gasteiger partial charge in [0.25, 0.3) is 0 Å². The van der Waals surface area contributed by atoms with Gasteiger partial charge in [-0.2, -0.15) is 0 Å². The number of likely N-dealkylation sites (tertiary alicyclic amines) is 1. The molecule has 1 fully saturated rings. The second-order valence-corrected chi connectivity index (χ2v) is 7.87. The molecular weight excluding hydrogens is 360 g/mol. The smallest absolute Gasteiger partial charge is 0.317 e. The highest BCUT2D eigenvalue weighted by molar-refractivity contribution is 7.09. The van der Waals surface area contributed by atoms with E-state index in [0.717, 1.165) is 17.1 Å². The average molecular weight is 387 g/mol. The highest BCUT2D eigenvalue weighted by Crippen LogP contribution is 2.18. The number of carbonyl (C=O) groups is 2. The molecule has 0 aliphatic carbocycles. The SMILES string of the molecule is Cc1nc(CNC(=O)C2CCN(C(=O)NCCc3ccccc3)CC2)cs1. The molecule has 6 nitrogen and oxygen atoms in total. The number of piperidine rings is 1. The van der Waals surface area contributed by atoms with E-state index < -0.39 is 0 Å². The molecule has 0 bridgehead atoms. The minimum Gasteiger partial charge on any atom is -0.350 e. The number of thiazole rings is 1. The maximum atomic E-state index is 12.3. The number of amides is 3. The zero-order valence-electron chi connectivity index (χ0n) is 15.6. The van der Waals surface area contributed by atoms with Crippen LogP contribution in [-0.4, -0.2) is 41.5 Å². The van der Waals surface area contributed by atoms with Crippen LogP contribution in [0.15, 0.2) is 35.7 Å². The van der Waals surface area contributed by atoms with Gasteiger partial charge < -0.3 is 15.5 Å². The van der Waals surface area contributed by atoms with Crippen molar-refractivity contribution in [2.75, 3.05) is 19.6 Å². The van der Waals surface area contributed by atoms with Gasteiger partial charge in [-0.3, -0.25) is 4.79 Å². The van der Waals surface area contributed by atoms with Gasteiger partial charge in [0.2, 0.25) is 5.91 Å². The zero-order chi connectivity index (χ0) is 19.1. The molecule has 1 aromatic heterocycles. The summed E-state index contributed by atoms with van der Waals surface area (Å²) < 4.78 is 0. The standard InChI is InChI=1S/C20H26N4O2S/c1-15-23-18(14-27-15)13-22-19(25)17-8-11-24(12-9-17)20(26)21-10-7-16-5-3-2-4-6-16/h2-6,14,17H,7-13H2,1H3,(H,21,26)(H,22,25). The van der Waals surface area contributed by atoms with E-state index >= 15 is 0 Å². The van der Waals surface area contributed by atoms with E-state index in [4.69, 9.17) is 0 Å². The lowest BCUT2D eigenvalue weighted by Gasteiger charge is -2.31. The third kappa shape index (κ3) is 5.79. The fourth-order valence-corrected chi connectivity index (χ4v) is 3.84. The lowest BCUT2D eigenvalue weighted by Crippen LogP contribution is -2.47. The fraction of sp³-hybridized carbons (Fsp3) is 0.450. The van der Waals surface area contributed by atoms with Crippen molar-refractivity contribution >= 4 is 23.3 Å². The van der Waals surface area contributed by atoms with Gasteiger partial charge in [0.05, 0.1) is 17.2 Å². The summed E-state index contributed by atoms with van der Waals surface area (Å²) in [6, 6.07) is 10.1. The Labute approximate surface area is 164 Å². The van der Waals surface area contributed by atoms with Crippen LogP contribution in [0.3, 0.4) is 0 Å². The van der Waals surface area contributed by atoms with Crippen LogP contribution in [0.4, 0.5) is 4.79 Å². The predicted octanol–water partition coefficient (Wildman–Crippen LogP) is 2.73. The van der Waals surface area contributed by atoms with Crippen molar-refractivity contribution < 1.29 is 9.59 Å². The van der Waals surface area contributed by atoms with Crippen LogP contribution in [0.2, 0.25) is 0 Å². The molecule has 2 aromatic rings. The summed E-state index contributed by atoms with van der Waals surface area (Å²) in [4.78, 5) is 30.8. The molecule has 1 aliphatic rings. The minimum absolute atomic E-state index is 0.0295. The number of hydrogen-bond acceptors (Lipinski definition) is 4. The summed E-state index contributed by atoms with van der Waals surface area (Å²) >= 11 is 1.59. The Morgan fingerprint density at radius 1 is 1.19 bits per heavy atom. The van der Waals surface area contributed by atoms with Gasteiger partial charge in [-0.25, -0.2) is 9.78 Å². The fourth-order valence-electron chi connectivity index (χ4n) is 3.23. The predicted molar refractivity (Wildman–Crippen MR) is 107 cm³/mol. The lowest BCUT2D eigenvalue weighted by molar-refractivity contribution is -0.126. The molecule has 7 heteroatoms. The van der Waals surface area contributed by atoms with Gasteiger partial charge in [-0.05, 0) is 31.7 Å². The summed E-state index contributed by atoms with van der Waals surface area (Å²) in [5.41, 5.74) is 2.12. The molecule has 3 amide bonds. The number of aryl methyl sites for hydroxylation is 1. The number of aromatic nitrogens is 1. The second kappa shape index (κ2) is 9.50. The van der Waals surface area contributed by atoms with Crippen molar-refractivity contribution in [2.24, 2.45) is 5.92 Å². The first-order valence-electron chi connectivity index (χ1n) is 9.37. The van der Waals surface area contributed by atoms with Crippen molar-refractivity contribution in [3.8, 4) is 0 Å². The number of carbonyl (C=O) groups excluding carboxylic acids is 2. The van der Waals surface area contributed by atoms with E-state index in [0.29, 0.717) is 39.0 Å². The molecule has 2 heterocycles. The molecule has 144 valence electrons. The van der Waals surface area contributed by atoms with Crippen LogP contribution in [0.5, 0.6) is 0 Å². The van der Waals surface area contributed by atoms with Crippen LogP contribution in [0.1, 0.15) is 29.1 Å². The third-order valence-electron chi connectivity index (χ3n) is 4.80. The number of urea groups is 1. The highest BCUT2D eigenvalue weighted by Gasteiger charge is 2.27. The van der Waals surface area contributed by atoms with Gasteiger partial charge in [0, 0.05) is 30.9 Å². The molecule has 0 spiro atoms. The van der Waals surface area contributed by atoms with Crippen LogP contribution >= 0.6 is 11.3 Å². The first-order valence-corrected chi connectivity index (χ1v) is 10.2. The van der Waals surface area contributed by atoms with Gasteiger partial charge in [-0.15, -0.1) is 11.3 Å².